The van der Waals surface area contributed by atoms with E-state index in [1.165, 1.54) is 0 Å². The standard InChI is InChI=1S/C19H21N3O2S/c1-13-9-10-15(12-14(13)2)25(23,24)22-11-5-8-18(22)19-20-16-6-3-4-7-17(16)21-19/h3-4,6-7,9-10,12,18H,5,8,11H2,1-2H3,(H,20,21). The van der Waals surface area contributed by atoms with E-state index in [1.807, 2.05) is 44.2 Å². The number of para-hydroxylation sites is 2. The Kier molecular flexibility index (Phi) is 3.89. The van der Waals surface area contributed by atoms with Crippen molar-refractivity contribution in [3.8, 4) is 0 Å². The smallest absolute Gasteiger partial charge is 0.243 e. The van der Waals surface area contributed by atoms with Crippen molar-refractivity contribution in [2.45, 2.75) is 37.6 Å². The average Bonchev–Trinajstić information content (AvgIpc) is 3.23. The van der Waals surface area contributed by atoms with Gasteiger partial charge in [0.15, 0.2) is 0 Å². The molecule has 1 atom stereocenters. The predicted octanol–water partition coefficient (Wildman–Crippen LogP) is 3.71. The Labute approximate surface area is 147 Å². The van der Waals surface area contributed by atoms with Crippen molar-refractivity contribution in [1.29, 1.82) is 0 Å². The molecule has 1 saturated heterocycles. The molecular weight excluding hydrogens is 334 g/mol. The van der Waals surface area contributed by atoms with Crippen molar-refractivity contribution in [2.24, 2.45) is 0 Å². The zero-order valence-electron chi connectivity index (χ0n) is 14.4. The molecule has 0 spiro atoms. The number of hydrogen-bond acceptors (Lipinski definition) is 3. The summed E-state index contributed by atoms with van der Waals surface area (Å²) in [6, 6.07) is 12.9. The maximum absolute atomic E-state index is 13.2. The summed E-state index contributed by atoms with van der Waals surface area (Å²) in [5, 5.41) is 0. The first kappa shape index (κ1) is 16.3. The number of rotatable bonds is 3. The van der Waals surface area contributed by atoms with Gasteiger partial charge in [0.1, 0.15) is 5.82 Å². The van der Waals surface area contributed by atoms with Crippen molar-refractivity contribution in [3.05, 3.63) is 59.4 Å². The first-order valence-electron chi connectivity index (χ1n) is 8.50. The van der Waals surface area contributed by atoms with Crippen molar-refractivity contribution in [1.82, 2.24) is 14.3 Å². The Balaban J connectivity index is 1.74. The molecule has 1 aliphatic heterocycles. The second-order valence-electron chi connectivity index (χ2n) is 6.66. The quantitative estimate of drug-likeness (QED) is 0.779. The average molecular weight is 355 g/mol. The highest BCUT2D eigenvalue weighted by Gasteiger charge is 2.37. The summed E-state index contributed by atoms with van der Waals surface area (Å²) in [5.74, 6) is 0.728. The van der Waals surface area contributed by atoms with E-state index in [2.05, 4.69) is 9.97 Å². The number of nitrogens with zero attached hydrogens (tertiary/aromatic N) is 2. The number of aromatic nitrogens is 2. The molecule has 1 N–H and O–H groups in total. The largest absolute Gasteiger partial charge is 0.341 e. The van der Waals surface area contributed by atoms with E-state index >= 15 is 0 Å². The van der Waals surface area contributed by atoms with Crippen molar-refractivity contribution < 1.29 is 8.42 Å². The van der Waals surface area contributed by atoms with Gasteiger partial charge >= 0.3 is 0 Å². The highest BCUT2D eigenvalue weighted by atomic mass is 32.2. The Morgan fingerprint density at radius 3 is 2.68 bits per heavy atom. The van der Waals surface area contributed by atoms with E-state index < -0.39 is 10.0 Å². The molecule has 6 heteroatoms. The van der Waals surface area contributed by atoms with Crippen LogP contribution in [-0.2, 0) is 10.0 Å². The Morgan fingerprint density at radius 1 is 1.12 bits per heavy atom. The lowest BCUT2D eigenvalue weighted by Crippen LogP contribution is -2.31. The number of hydrogen-bond donors (Lipinski definition) is 1. The number of fused-ring (bicyclic) bond motifs is 1. The second kappa shape index (κ2) is 5.97. The third-order valence-corrected chi connectivity index (χ3v) is 6.92. The van der Waals surface area contributed by atoms with Gasteiger partial charge in [-0.15, -0.1) is 0 Å². The fourth-order valence-electron chi connectivity index (χ4n) is 3.44. The molecule has 0 amide bonds. The first-order valence-corrected chi connectivity index (χ1v) is 9.94. The zero-order chi connectivity index (χ0) is 17.6. The minimum Gasteiger partial charge on any atom is -0.341 e. The highest BCUT2D eigenvalue weighted by Crippen LogP contribution is 2.36. The summed E-state index contributed by atoms with van der Waals surface area (Å²) in [6.07, 6.45) is 1.62. The molecule has 3 aromatic rings. The number of imidazole rings is 1. The fraction of sp³-hybridized carbons (Fsp3) is 0.316. The number of sulfonamides is 1. The molecule has 0 radical (unpaired) electrons. The SMILES string of the molecule is Cc1ccc(S(=O)(=O)N2CCCC2c2nc3ccccc3[nH]2)cc1C. The van der Waals surface area contributed by atoms with Crippen LogP contribution >= 0.6 is 0 Å². The molecule has 1 unspecified atom stereocenters. The van der Waals surface area contributed by atoms with E-state index in [0.717, 1.165) is 40.8 Å². The summed E-state index contributed by atoms with van der Waals surface area (Å²) in [4.78, 5) is 8.28. The van der Waals surface area contributed by atoms with Crippen LogP contribution in [0.1, 0.15) is 35.8 Å². The van der Waals surface area contributed by atoms with Gasteiger partial charge in [0.05, 0.1) is 22.0 Å². The summed E-state index contributed by atoms with van der Waals surface area (Å²) in [7, 11) is -3.54. The maximum atomic E-state index is 13.2. The molecule has 25 heavy (non-hydrogen) atoms. The van der Waals surface area contributed by atoms with Gasteiger partial charge in [0.25, 0.3) is 0 Å². The number of aryl methyl sites for hydroxylation is 2. The molecule has 1 aliphatic rings. The molecule has 2 aromatic carbocycles. The summed E-state index contributed by atoms with van der Waals surface area (Å²) in [6.45, 7) is 4.45. The van der Waals surface area contributed by atoms with Crippen molar-refractivity contribution in [3.63, 3.8) is 0 Å². The van der Waals surface area contributed by atoms with E-state index in [-0.39, 0.29) is 6.04 Å². The van der Waals surface area contributed by atoms with E-state index in [9.17, 15) is 8.42 Å². The predicted molar refractivity (Wildman–Crippen MR) is 97.9 cm³/mol. The van der Waals surface area contributed by atoms with Crippen LogP contribution in [0.15, 0.2) is 47.4 Å². The van der Waals surface area contributed by atoms with E-state index in [1.54, 1.807) is 16.4 Å². The van der Waals surface area contributed by atoms with Gasteiger partial charge in [0, 0.05) is 6.54 Å². The van der Waals surface area contributed by atoms with Crippen LogP contribution < -0.4 is 0 Å². The van der Waals surface area contributed by atoms with Crippen LogP contribution in [0, 0.1) is 13.8 Å². The number of nitrogens with one attached hydrogen (secondary N) is 1. The van der Waals surface area contributed by atoms with Crippen molar-refractivity contribution in [2.75, 3.05) is 6.54 Å². The van der Waals surface area contributed by atoms with E-state index in [0.29, 0.717) is 11.4 Å². The number of benzene rings is 2. The molecular formula is C19H21N3O2S. The van der Waals surface area contributed by atoms with Crippen LogP contribution in [0.3, 0.4) is 0 Å². The minimum atomic E-state index is -3.54. The topological polar surface area (TPSA) is 66.1 Å². The third kappa shape index (κ3) is 2.75. The van der Waals surface area contributed by atoms with Gasteiger partial charge in [-0.3, -0.25) is 0 Å². The molecule has 1 aromatic heterocycles. The van der Waals surface area contributed by atoms with Gasteiger partial charge in [-0.05, 0) is 62.1 Å². The van der Waals surface area contributed by atoms with Gasteiger partial charge in [-0.1, -0.05) is 18.2 Å². The molecule has 1 fully saturated rings. The highest BCUT2D eigenvalue weighted by molar-refractivity contribution is 7.89. The lowest BCUT2D eigenvalue weighted by atomic mass is 10.1. The Bertz CT molecular complexity index is 1010. The van der Waals surface area contributed by atoms with Crippen LogP contribution in [0.5, 0.6) is 0 Å². The van der Waals surface area contributed by atoms with E-state index in [4.69, 9.17) is 0 Å². The van der Waals surface area contributed by atoms with Gasteiger partial charge in [-0.25, -0.2) is 13.4 Å². The molecule has 0 bridgehead atoms. The van der Waals surface area contributed by atoms with Crippen LogP contribution in [0.4, 0.5) is 0 Å². The minimum absolute atomic E-state index is 0.237. The Hall–Kier alpha value is -2.18. The maximum Gasteiger partial charge on any atom is 0.243 e. The van der Waals surface area contributed by atoms with Gasteiger partial charge < -0.3 is 4.98 Å². The van der Waals surface area contributed by atoms with Gasteiger partial charge in [-0.2, -0.15) is 4.31 Å². The van der Waals surface area contributed by atoms with Crippen LogP contribution in [-0.4, -0.2) is 29.2 Å². The van der Waals surface area contributed by atoms with Crippen LogP contribution in [0.25, 0.3) is 11.0 Å². The molecule has 0 saturated carbocycles. The third-order valence-electron chi connectivity index (χ3n) is 5.01. The molecule has 2 heterocycles. The number of aromatic amines is 1. The monoisotopic (exact) mass is 355 g/mol. The van der Waals surface area contributed by atoms with Gasteiger partial charge in [0.2, 0.25) is 10.0 Å². The zero-order valence-corrected chi connectivity index (χ0v) is 15.2. The summed E-state index contributed by atoms with van der Waals surface area (Å²) in [5.41, 5.74) is 3.88. The lowest BCUT2D eigenvalue weighted by Gasteiger charge is -2.23. The Morgan fingerprint density at radius 2 is 1.92 bits per heavy atom. The van der Waals surface area contributed by atoms with Crippen molar-refractivity contribution >= 4 is 21.1 Å². The molecule has 4 rings (SSSR count). The number of H-pyrrole nitrogens is 1. The molecule has 5 nitrogen and oxygen atoms in total. The summed E-state index contributed by atoms with van der Waals surface area (Å²) >= 11 is 0. The molecule has 0 aliphatic carbocycles. The lowest BCUT2D eigenvalue weighted by molar-refractivity contribution is 0.385. The fourth-order valence-corrected chi connectivity index (χ4v) is 5.19. The first-order chi connectivity index (χ1) is 12.0. The summed E-state index contributed by atoms with van der Waals surface area (Å²) < 4.78 is 28.0. The van der Waals surface area contributed by atoms with Crippen LogP contribution in [0.2, 0.25) is 0 Å². The normalized spacial score (nSPS) is 18.9. The second-order valence-corrected chi connectivity index (χ2v) is 8.55. The molecule has 130 valence electrons.